The molecule has 0 fully saturated rings. The number of rotatable bonds is 4. The Labute approximate surface area is 107 Å². The lowest BCUT2D eigenvalue weighted by Gasteiger charge is -2.11. The highest BCUT2D eigenvalue weighted by atomic mass is 32.2. The van der Waals surface area contributed by atoms with Gasteiger partial charge in [-0.1, -0.05) is 30.3 Å². The number of hydrogen-bond acceptors (Lipinski definition) is 2. The molecule has 0 spiro atoms. The maximum absolute atomic E-state index is 5.68. The topological polar surface area (TPSA) is 9.23 Å². The van der Waals surface area contributed by atoms with E-state index in [-0.39, 0.29) is 0 Å². The minimum Gasteiger partial charge on any atom is -0.493 e. The van der Waals surface area contributed by atoms with Crippen LogP contribution < -0.4 is 4.74 Å². The van der Waals surface area contributed by atoms with Crippen molar-refractivity contribution < 1.29 is 4.74 Å². The van der Waals surface area contributed by atoms with E-state index in [1.165, 1.54) is 16.0 Å². The fourth-order valence-electron chi connectivity index (χ4n) is 1.76. The molecule has 2 heteroatoms. The molecule has 17 heavy (non-hydrogen) atoms. The zero-order valence-electron chi connectivity index (χ0n) is 10.1. The summed E-state index contributed by atoms with van der Waals surface area (Å²) >= 11 is 1.75. The molecule has 0 saturated heterocycles. The molecule has 2 rings (SSSR count). The maximum Gasteiger partial charge on any atom is 0.127 e. The summed E-state index contributed by atoms with van der Waals surface area (Å²) in [6.07, 6.45) is 2.09. The van der Waals surface area contributed by atoms with Crippen molar-refractivity contribution in [2.24, 2.45) is 0 Å². The number of hydrogen-bond donors (Lipinski definition) is 0. The summed E-state index contributed by atoms with van der Waals surface area (Å²) in [6, 6.07) is 16.7. The predicted molar refractivity (Wildman–Crippen MR) is 74.8 cm³/mol. The van der Waals surface area contributed by atoms with Gasteiger partial charge in [-0.25, -0.2) is 0 Å². The van der Waals surface area contributed by atoms with Crippen molar-refractivity contribution in [3.63, 3.8) is 0 Å². The molecular weight excluding hydrogens is 228 g/mol. The first kappa shape index (κ1) is 12.1. The number of thioether (sulfide) groups is 1. The van der Waals surface area contributed by atoms with Gasteiger partial charge in [0.25, 0.3) is 0 Å². The predicted octanol–water partition coefficient (Wildman–Crippen LogP) is 4.47. The molecule has 0 aliphatic rings. The van der Waals surface area contributed by atoms with Crippen LogP contribution in [0.4, 0.5) is 0 Å². The van der Waals surface area contributed by atoms with Crippen LogP contribution in [0.1, 0.15) is 6.92 Å². The van der Waals surface area contributed by atoms with E-state index >= 15 is 0 Å². The monoisotopic (exact) mass is 244 g/mol. The van der Waals surface area contributed by atoms with Gasteiger partial charge in [0.2, 0.25) is 0 Å². The molecule has 2 aromatic rings. The fraction of sp³-hybridized carbons (Fsp3) is 0.200. The second-order valence-corrected chi connectivity index (χ2v) is 4.54. The van der Waals surface area contributed by atoms with E-state index in [0.29, 0.717) is 6.61 Å². The van der Waals surface area contributed by atoms with Crippen LogP contribution in [0, 0.1) is 0 Å². The van der Waals surface area contributed by atoms with Gasteiger partial charge in [0.15, 0.2) is 0 Å². The summed E-state index contributed by atoms with van der Waals surface area (Å²) in [5.41, 5.74) is 2.37. The molecule has 2 aromatic carbocycles. The van der Waals surface area contributed by atoms with Crippen molar-refractivity contribution in [2.75, 3.05) is 12.9 Å². The highest BCUT2D eigenvalue weighted by molar-refractivity contribution is 7.98. The lowest BCUT2D eigenvalue weighted by molar-refractivity contribution is 0.341. The molecule has 0 bridgehead atoms. The zero-order chi connectivity index (χ0) is 12.1. The van der Waals surface area contributed by atoms with Crippen LogP contribution in [0.5, 0.6) is 5.75 Å². The third-order valence-electron chi connectivity index (χ3n) is 2.57. The Bertz CT molecular complexity index is 480. The molecular formula is C15H16OS. The van der Waals surface area contributed by atoms with Gasteiger partial charge in [-0.05, 0) is 36.9 Å². The van der Waals surface area contributed by atoms with Crippen LogP contribution in [-0.2, 0) is 0 Å². The van der Waals surface area contributed by atoms with E-state index in [9.17, 15) is 0 Å². The van der Waals surface area contributed by atoms with Crippen LogP contribution >= 0.6 is 11.8 Å². The van der Waals surface area contributed by atoms with Gasteiger partial charge in [0.05, 0.1) is 6.61 Å². The summed E-state index contributed by atoms with van der Waals surface area (Å²) in [5.74, 6) is 0.955. The maximum atomic E-state index is 5.68. The first-order valence-corrected chi connectivity index (χ1v) is 6.94. The van der Waals surface area contributed by atoms with E-state index in [0.717, 1.165) is 5.75 Å². The first-order chi connectivity index (χ1) is 8.35. The average molecular weight is 244 g/mol. The smallest absolute Gasteiger partial charge is 0.127 e. The Kier molecular flexibility index (Phi) is 4.10. The van der Waals surface area contributed by atoms with E-state index in [2.05, 4.69) is 48.7 Å². The van der Waals surface area contributed by atoms with Crippen molar-refractivity contribution in [1.29, 1.82) is 0 Å². The lowest BCUT2D eigenvalue weighted by Crippen LogP contribution is -1.94. The van der Waals surface area contributed by atoms with Gasteiger partial charge in [-0.3, -0.25) is 0 Å². The van der Waals surface area contributed by atoms with E-state index in [4.69, 9.17) is 4.74 Å². The molecule has 88 valence electrons. The minimum absolute atomic E-state index is 0.693. The van der Waals surface area contributed by atoms with E-state index < -0.39 is 0 Å². The summed E-state index contributed by atoms with van der Waals surface area (Å²) in [5, 5.41) is 0. The van der Waals surface area contributed by atoms with Crippen LogP contribution in [-0.4, -0.2) is 12.9 Å². The molecule has 0 unspecified atom stereocenters. The fourth-order valence-corrected chi connectivity index (χ4v) is 2.20. The summed E-state index contributed by atoms with van der Waals surface area (Å²) in [7, 11) is 0. The zero-order valence-corrected chi connectivity index (χ0v) is 11.0. The molecule has 0 radical (unpaired) electrons. The van der Waals surface area contributed by atoms with E-state index in [1.54, 1.807) is 11.8 Å². The number of benzene rings is 2. The van der Waals surface area contributed by atoms with Crippen molar-refractivity contribution in [1.82, 2.24) is 0 Å². The highest BCUT2D eigenvalue weighted by Crippen LogP contribution is 2.33. The summed E-state index contributed by atoms with van der Waals surface area (Å²) in [6.45, 7) is 2.70. The summed E-state index contributed by atoms with van der Waals surface area (Å²) < 4.78 is 5.68. The Morgan fingerprint density at radius 2 is 1.82 bits per heavy atom. The lowest BCUT2D eigenvalue weighted by atomic mass is 10.0. The average Bonchev–Trinajstić information content (AvgIpc) is 2.40. The van der Waals surface area contributed by atoms with Crippen LogP contribution in [0.3, 0.4) is 0 Å². The molecule has 0 N–H and O–H groups in total. The largest absolute Gasteiger partial charge is 0.493 e. The van der Waals surface area contributed by atoms with Gasteiger partial charge >= 0.3 is 0 Å². The molecule has 1 nitrogen and oxygen atoms in total. The Balaban J connectivity index is 2.48. The number of ether oxygens (including phenoxy) is 1. The molecule has 0 aromatic heterocycles. The standard InChI is InChI=1S/C15H16OS/c1-3-16-15-10-9-13(17-2)11-14(15)12-7-5-4-6-8-12/h4-11H,3H2,1-2H3. The molecule has 0 aliphatic heterocycles. The van der Waals surface area contributed by atoms with Gasteiger partial charge in [-0.15, -0.1) is 11.8 Å². The third kappa shape index (κ3) is 2.83. The van der Waals surface area contributed by atoms with Gasteiger partial charge in [0, 0.05) is 10.5 Å². The van der Waals surface area contributed by atoms with Gasteiger partial charge < -0.3 is 4.74 Å². The summed E-state index contributed by atoms with van der Waals surface area (Å²) in [4.78, 5) is 1.26. The highest BCUT2D eigenvalue weighted by Gasteiger charge is 2.06. The van der Waals surface area contributed by atoms with E-state index in [1.807, 2.05) is 13.0 Å². The molecule has 0 aliphatic carbocycles. The second kappa shape index (κ2) is 5.78. The van der Waals surface area contributed by atoms with Crippen LogP contribution in [0.2, 0.25) is 0 Å². The molecule has 0 atom stereocenters. The second-order valence-electron chi connectivity index (χ2n) is 3.66. The third-order valence-corrected chi connectivity index (χ3v) is 3.30. The molecule has 0 heterocycles. The van der Waals surface area contributed by atoms with Crippen molar-refractivity contribution >= 4 is 11.8 Å². The Morgan fingerprint density at radius 1 is 1.06 bits per heavy atom. The van der Waals surface area contributed by atoms with Crippen LogP contribution in [0.15, 0.2) is 53.4 Å². The SMILES string of the molecule is CCOc1ccc(SC)cc1-c1ccccc1. The van der Waals surface area contributed by atoms with Gasteiger partial charge in [0.1, 0.15) is 5.75 Å². The molecule has 0 amide bonds. The van der Waals surface area contributed by atoms with Gasteiger partial charge in [-0.2, -0.15) is 0 Å². The van der Waals surface area contributed by atoms with Crippen LogP contribution in [0.25, 0.3) is 11.1 Å². The Morgan fingerprint density at radius 3 is 2.47 bits per heavy atom. The van der Waals surface area contributed by atoms with Crippen molar-refractivity contribution in [3.05, 3.63) is 48.5 Å². The Hall–Kier alpha value is -1.41. The minimum atomic E-state index is 0.693. The quantitative estimate of drug-likeness (QED) is 0.734. The van der Waals surface area contributed by atoms with Crippen molar-refractivity contribution in [3.8, 4) is 16.9 Å². The molecule has 0 saturated carbocycles. The normalized spacial score (nSPS) is 10.2. The first-order valence-electron chi connectivity index (χ1n) is 5.71. The van der Waals surface area contributed by atoms with Crippen molar-refractivity contribution in [2.45, 2.75) is 11.8 Å².